The first-order chi connectivity index (χ1) is 25.6. The molecule has 6 fully saturated rings. The highest BCUT2D eigenvalue weighted by Crippen LogP contribution is 2.27. The first kappa shape index (κ1) is 37.7. The first-order valence-electron chi connectivity index (χ1n) is 18.3. The zero-order valence-corrected chi connectivity index (χ0v) is 30.0. The highest BCUT2D eigenvalue weighted by molar-refractivity contribution is 5.57. The number of ether oxygens (including phenoxy) is 12. The van der Waals surface area contributed by atoms with Gasteiger partial charge in [-0.1, -0.05) is 43.5 Å². The predicted molar refractivity (Wildman–Crippen MR) is 189 cm³/mol. The van der Waals surface area contributed by atoms with Crippen LogP contribution in [0.5, 0.6) is 0 Å². The SMILES string of the molecule is C=Cc1cc(COCC2CO2)cc(COCC2CO2)c1COCC1CO1.C=Cc1ccc(COCC2CO2)c(COCC2CO2)c1COCC1CO1. The van der Waals surface area contributed by atoms with Gasteiger partial charge in [-0.05, 0) is 50.6 Å². The highest BCUT2D eigenvalue weighted by atomic mass is 16.6. The van der Waals surface area contributed by atoms with Crippen LogP contribution in [0.15, 0.2) is 37.4 Å². The number of benzene rings is 2. The summed E-state index contributed by atoms with van der Waals surface area (Å²) in [6.45, 7) is 19.6. The summed E-state index contributed by atoms with van der Waals surface area (Å²) in [5.41, 5.74) is 8.82. The molecule has 0 bridgehead atoms. The molecule has 6 aliphatic heterocycles. The molecular weight excluding hydrogens is 672 g/mol. The van der Waals surface area contributed by atoms with E-state index < -0.39 is 0 Å². The van der Waals surface area contributed by atoms with Crippen molar-refractivity contribution < 1.29 is 56.8 Å². The van der Waals surface area contributed by atoms with Gasteiger partial charge in [0.25, 0.3) is 0 Å². The van der Waals surface area contributed by atoms with Crippen LogP contribution in [0.25, 0.3) is 12.2 Å². The normalized spacial score (nSPS) is 25.9. The maximum Gasteiger partial charge on any atom is 0.104 e. The van der Waals surface area contributed by atoms with Crippen LogP contribution in [0.1, 0.15) is 44.5 Å². The largest absolute Gasteiger partial charge is 0.374 e. The second kappa shape index (κ2) is 19.2. The van der Waals surface area contributed by atoms with Crippen LogP contribution < -0.4 is 0 Å². The molecule has 0 saturated carbocycles. The second-order valence-electron chi connectivity index (χ2n) is 13.8. The molecular formula is C40H52O12. The Bertz CT molecular complexity index is 1460. The van der Waals surface area contributed by atoms with Gasteiger partial charge in [-0.2, -0.15) is 0 Å². The fourth-order valence-corrected chi connectivity index (χ4v) is 5.60. The van der Waals surface area contributed by atoms with Crippen molar-refractivity contribution in [3.8, 4) is 0 Å². The zero-order valence-electron chi connectivity index (χ0n) is 30.0. The zero-order chi connectivity index (χ0) is 35.5. The minimum absolute atomic E-state index is 0.246. The van der Waals surface area contributed by atoms with Crippen molar-refractivity contribution in [3.63, 3.8) is 0 Å². The van der Waals surface area contributed by atoms with Crippen molar-refractivity contribution in [2.75, 3.05) is 79.3 Å². The molecule has 6 unspecified atom stereocenters. The number of epoxide rings is 6. The van der Waals surface area contributed by atoms with E-state index in [2.05, 4.69) is 37.4 Å². The third kappa shape index (κ3) is 13.1. The Hall–Kier alpha value is -2.56. The molecule has 6 heterocycles. The lowest BCUT2D eigenvalue weighted by Crippen LogP contribution is -2.12. The van der Waals surface area contributed by atoms with Crippen LogP contribution in [0.3, 0.4) is 0 Å². The van der Waals surface area contributed by atoms with Crippen LogP contribution in [0.2, 0.25) is 0 Å². The summed E-state index contributed by atoms with van der Waals surface area (Å²) in [6.07, 6.45) is 5.27. The van der Waals surface area contributed by atoms with Gasteiger partial charge in [0.05, 0.1) is 119 Å². The third-order valence-electron chi connectivity index (χ3n) is 9.20. The highest BCUT2D eigenvalue weighted by Gasteiger charge is 2.27. The van der Waals surface area contributed by atoms with Crippen molar-refractivity contribution in [3.05, 3.63) is 81.9 Å². The monoisotopic (exact) mass is 724 g/mol. The molecule has 0 aliphatic carbocycles. The third-order valence-corrected chi connectivity index (χ3v) is 9.20. The average molecular weight is 725 g/mol. The van der Waals surface area contributed by atoms with E-state index in [1.807, 2.05) is 12.2 Å². The number of hydrogen-bond donors (Lipinski definition) is 0. The Labute approximate surface area is 306 Å². The molecule has 12 heteroatoms. The van der Waals surface area contributed by atoms with Crippen molar-refractivity contribution >= 4 is 12.2 Å². The minimum atomic E-state index is 0.246. The van der Waals surface area contributed by atoms with Gasteiger partial charge in [-0.3, -0.25) is 0 Å². The van der Waals surface area contributed by atoms with E-state index in [1.165, 1.54) is 0 Å². The maximum atomic E-state index is 5.88. The van der Waals surface area contributed by atoms with Crippen LogP contribution in [0.4, 0.5) is 0 Å². The fraction of sp³-hybridized carbons (Fsp3) is 0.600. The molecule has 6 saturated heterocycles. The lowest BCUT2D eigenvalue weighted by atomic mass is 9.96. The van der Waals surface area contributed by atoms with Crippen LogP contribution in [-0.4, -0.2) is 116 Å². The Morgan fingerprint density at radius 2 is 0.827 bits per heavy atom. The average Bonchev–Trinajstić information content (AvgIpc) is 3.94. The van der Waals surface area contributed by atoms with Gasteiger partial charge in [-0.25, -0.2) is 0 Å². The second-order valence-corrected chi connectivity index (χ2v) is 13.8. The summed E-state index contributed by atoms with van der Waals surface area (Å²) in [4.78, 5) is 0. The Balaban J connectivity index is 0.000000162. The molecule has 0 spiro atoms. The Morgan fingerprint density at radius 1 is 0.442 bits per heavy atom. The molecule has 8 rings (SSSR count). The fourth-order valence-electron chi connectivity index (χ4n) is 5.60. The smallest absolute Gasteiger partial charge is 0.104 e. The lowest BCUT2D eigenvalue weighted by molar-refractivity contribution is 0.0847. The Kier molecular flexibility index (Phi) is 13.9. The maximum absolute atomic E-state index is 5.88. The van der Waals surface area contributed by atoms with Gasteiger partial charge in [0, 0.05) is 0 Å². The number of rotatable bonds is 26. The van der Waals surface area contributed by atoms with E-state index in [-0.39, 0.29) is 36.6 Å². The van der Waals surface area contributed by atoms with Gasteiger partial charge in [0.1, 0.15) is 36.6 Å². The quantitative estimate of drug-likeness (QED) is 0.129. The number of hydrogen-bond acceptors (Lipinski definition) is 12. The molecule has 2 aromatic rings. The van der Waals surface area contributed by atoms with Gasteiger partial charge >= 0.3 is 0 Å². The van der Waals surface area contributed by atoms with Crippen molar-refractivity contribution in [1.29, 1.82) is 0 Å². The summed E-state index contributed by atoms with van der Waals surface area (Å²) in [5.74, 6) is 0. The van der Waals surface area contributed by atoms with Crippen molar-refractivity contribution in [1.82, 2.24) is 0 Å². The first-order valence-corrected chi connectivity index (χ1v) is 18.3. The predicted octanol–water partition coefficient (Wildman–Crippen LogP) is 4.15. The Morgan fingerprint density at radius 3 is 1.27 bits per heavy atom. The van der Waals surface area contributed by atoms with Crippen LogP contribution >= 0.6 is 0 Å². The van der Waals surface area contributed by atoms with Crippen LogP contribution in [0, 0.1) is 0 Å². The summed E-state index contributed by atoms with van der Waals surface area (Å²) in [7, 11) is 0. The summed E-state index contributed by atoms with van der Waals surface area (Å²) >= 11 is 0. The van der Waals surface area contributed by atoms with E-state index in [0.717, 1.165) is 84.1 Å². The molecule has 0 aromatic heterocycles. The van der Waals surface area contributed by atoms with Gasteiger partial charge in [0.2, 0.25) is 0 Å². The standard InChI is InChI=1S/2C20H26O6/c1-2-15-3-14(5-21-7-17-10-24-17)4-16(6-22-8-18-11-25-18)20(15)13-23-9-19-12-26-19;1-2-14-3-4-15(5-21-6-16-9-24-16)20(13-23-8-18-11-26-18)19(14)12-22-7-17-10-25-17/h2-4,17-19H,1,5-13H2;2-4,16-18H,1,5-13H2. The van der Waals surface area contributed by atoms with E-state index in [4.69, 9.17) is 56.8 Å². The van der Waals surface area contributed by atoms with Gasteiger partial charge in [0.15, 0.2) is 0 Å². The van der Waals surface area contributed by atoms with Gasteiger partial charge in [-0.15, -0.1) is 0 Å². The minimum Gasteiger partial charge on any atom is -0.374 e. The van der Waals surface area contributed by atoms with E-state index >= 15 is 0 Å². The summed E-state index contributed by atoms with van der Waals surface area (Å²) < 4.78 is 66.2. The van der Waals surface area contributed by atoms with Gasteiger partial charge < -0.3 is 56.8 Å². The molecule has 0 radical (unpaired) electrons. The molecule has 52 heavy (non-hydrogen) atoms. The molecule has 6 aliphatic rings. The topological polar surface area (TPSA) is 131 Å². The molecule has 2 aromatic carbocycles. The van der Waals surface area contributed by atoms with Crippen molar-refractivity contribution in [2.45, 2.75) is 76.3 Å². The van der Waals surface area contributed by atoms with Crippen molar-refractivity contribution in [2.24, 2.45) is 0 Å². The summed E-state index contributed by atoms with van der Waals surface area (Å²) in [6, 6.07) is 8.41. The van der Waals surface area contributed by atoms with E-state index in [1.54, 1.807) is 0 Å². The molecule has 6 atom stereocenters. The molecule has 0 amide bonds. The van der Waals surface area contributed by atoms with Crippen LogP contribution in [-0.2, 0) is 96.5 Å². The van der Waals surface area contributed by atoms with E-state index in [0.29, 0.717) is 79.3 Å². The van der Waals surface area contributed by atoms with E-state index in [9.17, 15) is 0 Å². The molecule has 12 nitrogen and oxygen atoms in total. The molecule has 0 N–H and O–H groups in total. The molecule has 284 valence electrons. The lowest BCUT2D eigenvalue weighted by Gasteiger charge is -2.18. The summed E-state index contributed by atoms with van der Waals surface area (Å²) in [5, 5.41) is 0.